The molecule has 0 spiro atoms. The summed E-state index contributed by atoms with van der Waals surface area (Å²) >= 11 is 2.92. The van der Waals surface area contributed by atoms with Gasteiger partial charge in [-0.15, -0.1) is 22.7 Å². The third-order valence-corrected chi connectivity index (χ3v) is 5.12. The Kier molecular flexibility index (Phi) is 4.54. The van der Waals surface area contributed by atoms with E-state index in [0.717, 1.165) is 15.4 Å². The predicted molar refractivity (Wildman–Crippen MR) is 96.4 cm³/mol. The minimum Gasteiger partial charge on any atom is -0.296 e. The lowest BCUT2D eigenvalue weighted by Crippen LogP contribution is -2.11. The molecule has 2 heterocycles. The van der Waals surface area contributed by atoms with Gasteiger partial charge >= 0.3 is 0 Å². The number of aromatic nitrogens is 2. The Morgan fingerprint density at radius 3 is 2.57 bits per heavy atom. The monoisotopic (exact) mass is 343 g/mol. The van der Waals surface area contributed by atoms with Gasteiger partial charge in [0.1, 0.15) is 10.7 Å². The molecule has 0 radical (unpaired) electrons. The van der Waals surface area contributed by atoms with Gasteiger partial charge in [0, 0.05) is 22.0 Å². The van der Waals surface area contributed by atoms with Crippen molar-refractivity contribution in [1.82, 2.24) is 9.97 Å². The van der Waals surface area contributed by atoms with Gasteiger partial charge in [0.15, 0.2) is 5.13 Å². The van der Waals surface area contributed by atoms with Crippen LogP contribution in [0.3, 0.4) is 0 Å². The van der Waals surface area contributed by atoms with Crippen molar-refractivity contribution in [3.8, 4) is 10.6 Å². The molecule has 3 rings (SSSR count). The molecule has 23 heavy (non-hydrogen) atoms. The zero-order valence-corrected chi connectivity index (χ0v) is 14.8. The van der Waals surface area contributed by atoms with Gasteiger partial charge in [-0.3, -0.25) is 10.1 Å². The molecular weight excluding hydrogens is 326 g/mol. The van der Waals surface area contributed by atoms with Crippen LogP contribution in [0.4, 0.5) is 5.13 Å². The van der Waals surface area contributed by atoms with Gasteiger partial charge in [0.2, 0.25) is 0 Å². The molecule has 0 aliphatic heterocycles. The van der Waals surface area contributed by atoms with E-state index in [-0.39, 0.29) is 5.91 Å². The molecule has 4 nitrogen and oxygen atoms in total. The summed E-state index contributed by atoms with van der Waals surface area (Å²) < 4.78 is 0. The van der Waals surface area contributed by atoms with Crippen LogP contribution in [0, 0.1) is 6.92 Å². The van der Waals surface area contributed by atoms with Gasteiger partial charge < -0.3 is 0 Å². The fourth-order valence-electron chi connectivity index (χ4n) is 2.09. The predicted octanol–water partition coefficient (Wildman–Crippen LogP) is 4.95. The first-order valence-corrected chi connectivity index (χ1v) is 9.02. The molecule has 2 aromatic heterocycles. The lowest BCUT2D eigenvalue weighted by molar-refractivity contribution is 0.102. The molecule has 0 saturated carbocycles. The Bertz CT molecular complexity index is 818. The van der Waals surface area contributed by atoms with Gasteiger partial charge in [-0.2, -0.15) is 0 Å². The molecule has 0 aliphatic rings. The van der Waals surface area contributed by atoms with Crippen LogP contribution in [-0.4, -0.2) is 15.9 Å². The SMILES string of the molecule is Cc1cnc(NC(=O)c2csc(-c3ccc(C(C)C)cc3)n2)s1. The number of hydrogen-bond donors (Lipinski definition) is 1. The Labute approximate surface area is 143 Å². The highest BCUT2D eigenvalue weighted by atomic mass is 32.1. The smallest absolute Gasteiger partial charge is 0.276 e. The molecule has 0 bridgehead atoms. The number of nitrogens with zero attached hydrogens (tertiary/aromatic N) is 2. The van der Waals surface area contributed by atoms with Crippen molar-refractivity contribution < 1.29 is 4.79 Å². The van der Waals surface area contributed by atoms with E-state index in [0.29, 0.717) is 16.7 Å². The van der Waals surface area contributed by atoms with E-state index in [1.54, 1.807) is 11.6 Å². The number of anilines is 1. The molecule has 1 N–H and O–H groups in total. The van der Waals surface area contributed by atoms with Crippen LogP contribution in [-0.2, 0) is 0 Å². The van der Waals surface area contributed by atoms with E-state index in [4.69, 9.17) is 0 Å². The highest BCUT2D eigenvalue weighted by Gasteiger charge is 2.13. The van der Waals surface area contributed by atoms with Crippen molar-refractivity contribution in [3.05, 3.63) is 52.0 Å². The molecule has 6 heteroatoms. The number of benzene rings is 1. The first kappa shape index (κ1) is 15.8. The summed E-state index contributed by atoms with van der Waals surface area (Å²) in [7, 11) is 0. The average Bonchev–Trinajstić information content (AvgIpc) is 3.16. The van der Waals surface area contributed by atoms with Crippen LogP contribution in [0.2, 0.25) is 0 Å². The highest BCUT2D eigenvalue weighted by molar-refractivity contribution is 7.15. The van der Waals surface area contributed by atoms with Gasteiger partial charge in [-0.1, -0.05) is 38.1 Å². The first-order valence-electron chi connectivity index (χ1n) is 7.32. The third-order valence-electron chi connectivity index (χ3n) is 3.40. The maximum absolute atomic E-state index is 12.2. The van der Waals surface area contributed by atoms with E-state index >= 15 is 0 Å². The van der Waals surface area contributed by atoms with Gasteiger partial charge in [0.25, 0.3) is 5.91 Å². The standard InChI is InChI=1S/C17H17N3OS2/c1-10(2)12-4-6-13(7-5-12)16-19-14(9-22-16)15(21)20-17-18-8-11(3)23-17/h4-10H,1-3H3,(H,18,20,21). The van der Waals surface area contributed by atoms with E-state index in [1.165, 1.54) is 28.2 Å². The van der Waals surface area contributed by atoms with Crippen LogP contribution in [0.25, 0.3) is 10.6 Å². The number of hydrogen-bond acceptors (Lipinski definition) is 5. The number of carbonyl (C=O) groups excluding carboxylic acids is 1. The topological polar surface area (TPSA) is 54.9 Å². The maximum Gasteiger partial charge on any atom is 0.276 e. The van der Waals surface area contributed by atoms with Crippen molar-refractivity contribution in [3.63, 3.8) is 0 Å². The van der Waals surface area contributed by atoms with Crippen molar-refractivity contribution in [1.29, 1.82) is 0 Å². The number of nitrogens with one attached hydrogen (secondary N) is 1. The molecule has 1 aromatic carbocycles. The van der Waals surface area contributed by atoms with Crippen LogP contribution in [0.5, 0.6) is 0 Å². The Balaban J connectivity index is 1.75. The maximum atomic E-state index is 12.2. The highest BCUT2D eigenvalue weighted by Crippen LogP contribution is 2.26. The Hall–Kier alpha value is -2.05. The molecule has 3 aromatic rings. The molecule has 0 saturated heterocycles. The molecule has 0 aliphatic carbocycles. The fraction of sp³-hybridized carbons (Fsp3) is 0.235. The molecule has 1 amide bonds. The third kappa shape index (κ3) is 3.65. The zero-order chi connectivity index (χ0) is 16.4. The molecule has 0 fully saturated rings. The summed E-state index contributed by atoms with van der Waals surface area (Å²) in [4.78, 5) is 21.8. The van der Waals surface area contributed by atoms with Crippen LogP contribution >= 0.6 is 22.7 Å². The lowest BCUT2D eigenvalue weighted by Gasteiger charge is -2.05. The molecular formula is C17H17N3OS2. The summed E-state index contributed by atoms with van der Waals surface area (Å²) in [5, 5.41) is 6.01. The molecule has 118 valence electrons. The normalized spacial score (nSPS) is 11.0. The quantitative estimate of drug-likeness (QED) is 0.729. The minimum absolute atomic E-state index is 0.222. The van der Waals surface area contributed by atoms with Gasteiger partial charge in [0.05, 0.1) is 0 Å². The fourth-order valence-corrected chi connectivity index (χ4v) is 3.56. The summed E-state index contributed by atoms with van der Waals surface area (Å²) in [5.41, 5.74) is 2.75. The van der Waals surface area contributed by atoms with Gasteiger partial charge in [-0.25, -0.2) is 9.97 Å². The van der Waals surface area contributed by atoms with E-state index in [2.05, 4.69) is 53.4 Å². The first-order chi connectivity index (χ1) is 11.0. The van der Waals surface area contributed by atoms with Crippen LogP contribution in [0.15, 0.2) is 35.8 Å². The second kappa shape index (κ2) is 6.60. The number of thiazole rings is 2. The number of carbonyl (C=O) groups is 1. The summed E-state index contributed by atoms with van der Waals surface area (Å²) in [6.45, 7) is 6.29. The summed E-state index contributed by atoms with van der Waals surface area (Å²) in [5.74, 6) is 0.282. The van der Waals surface area contributed by atoms with Crippen LogP contribution < -0.4 is 5.32 Å². The van der Waals surface area contributed by atoms with E-state index in [9.17, 15) is 4.79 Å². The Morgan fingerprint density at radius 2 is 1.96 bits per heavy atom. The summed E-state index contributed by atoms with van der Waals surface area (Å²) in [6, 6.07) is 8.33. The zero-order valence-electron chi connectivity index (χ0n) is 13.2. The minimum atomic E-state index is -0.222. The van der Waals surface area contributed by atoms with Crippen molar-refractivity contribution >= 4 is 33.7 Å². The van der Waals surface area contributed by atoms with Gasteiger partial charge in [-0.05, 0) is 18.4 Å². The number of amides is 1. The summed E-state index contributed by atoms with van der Waals surface area (Å²) in [6.07, 6.45) is 1.74. The average molecular weight is 343 g/mol. The van der Waals surface area contributed by atoms with Crippen molar-refractivity contribution in [2.75, 3.05) is 5.32 Å². The lowest BCUT2D eigenvalue weighted by atomic mass is 10.0. The van der Waals surface area contributed by atoms with E-state index < -0.39 is 0 Å². The van der Waals surface area contributed by atoms with Crippen LogP contribution in [0.1, 0.15) is 40.7 Å². The largest absolute Gasteiger partial charge is 0.296 e. The molecule has 0 atom stereocenters. The van der Waals surface area contributed by atoms with Crippen molar-refractivity contribution in [2.24, 2.45) is 0 Å². The second-order valence-electron chi connectivity index (χ2n) is 5.54. The second-order valence-corrected chi connectivity index (χ2v) is 7.64. The Morgan fingerprint density at radius 1 is 1.22 bits per heavy atom. The number of rotatable bonds is 4. The number of aryl methyl sites for hydroxylation is 1. The van der Waals surface area contributed by atoms with E-state index in [1.807, 2.05) is 6.92 Å². The van der Waals surface area contributed by atoms with Crippen molar-refractivity contribution in [2.45, 2.75) is 26.7 Å². The molecule has 0 unspecified atom stereocenters.